The molecule has 0 radical (unpaired) electrons. The molecular formula is C14H18BrN5. The average molecular weight is 336 g/mol. The van der Waals surface area contributed by atoms with Crippen molar-refractivity contribution in [3.05, 3.63) is 45.6 Å². The third-order valence-electron chi connectivity index (χ3n) is 3.13. The molecule has 0 aliphatic carbocycles. The summed E-state index contributed by atoms with van der Waals surface area (Å²) in [5.41, 5.74) is 8.33. The second kappa shape index (κ2) is 5.66. The molecule has 1 aromatic carbocycles. The van der Waals surface area contributed by atoms with Gasteiger partial charge in [0.05, 0.1) is 11.3 Å². The monoisotopic (exact) mass is 335 g/mol. The first-order chi connectivity index (χ1) is 9.40. The van der Waals surface area contributed by atoms with Crippen LogP contribution in [0.5, 0.6) is 0 Å². The van der Waals surface area contributed by atoms with Crippen molar-refractivity contribution in [2.45, 2.75) is 13.5 Å². The van der Waals surface area contributed by atoms with Crippen molar-refractivity contribution in [1.82, 2.24) is 9.78 Å². The number of nitrogens with one attached hydrogen (secondary N) is 1. The van der Waals surface area contributed by atoms with Crippen molar-refractivity contribution in [1.29, 1.82) is 5.41 Å². The van der Waals surface area contributed by atoms with Crippen molar-refractivity contribution in [3.63, 3.8) is 0 Å². The minimum Gasteiger partial charge on any atom is -0.384 e. The lowest BCUT2D eigenvalue weighted by Crippen LogP contribution is -2.23. The normalized spacial score (nSPS) is 10.6. The van der Waals surface area contributed by atoms with Gasteiger partial charge in [0.25, 0.3) is 0 Å². The molecule has 1 heterocycles. The Labute approximate surface area is 127 Å². The Hall–Kier alpha value is -1.82. The van der Waals surface area contributed by atoms with E-state index in [4.69, 9.17) is 11.1 Å². The number of amidine groups is 1. The van der Waals surface area contributed by atoms with Crippen LogP contribution in [0.15, 0.2) is 28.7 Å². The summed E-state index contributed by atoms with van der Waals surface area (Å²) in [5.74, 6) is 0.904. The van der Waals surface area contributed by atoms with Crippen molar-refractivity contribution in [3.8, 4) is 0 Å². The molecule has 0 bridgehead atoms. The largest absolute Gasteiger partial charge is 0.384 e. The molecule has 20 heavy (non-hydrogen) atoms. The van der Waals surface area contributed by atoms with E-state index in [1.807, 2.05) is 33.2 Å². The molecule has 0 unspecified atom stereocenters. The van der Waals surface area contributed by atoms with Gasteiger partial charge in [-0.15, -0.1) is 0 Å². The van der Waals surface area contributed by atoms with Gasteiger partial charge in [-0.25, -0.2) is 0 Å². The number of rotatable bonds is 4. The molecule has 0 fully saturated rings. The van der Waals surface area contributed by atoms with Gasteiger partial charge in [-0.3, -0.25) is 10.1 Å². The molecule has 0 saturated heterocycles. The fraction of sp³-hybridized carbons (Fsp3) is 0.286. The zero-order chi connectivity index (χ0) is 14.9. The maximum Gasteiger partial charge on any atom is 0.137 e. The molecule has 1 aromatic heterocycles. The predicted octanol–water partition coefficient (Wildman–Crippen LogP) is 2.41. The summed E-state index contributed by atoms with van der Waals surface area (Å²) in [7, 11) is 3.84. The van der Waals surface area contributed by atoms with Crippen LogP contribution in [0.1, 0.15) is 16.8 Å². The maximum atomic E-state index is 7.73. The summed E-state index contributed by atoms with van der Waals surface area (Å²) in [6.45, 7) is 2.59. The topological polar surface area (TPSA) is 70.9 Å². The maximum absolute atomic E-state index is 7.73. The number of hydrogen-bond acceptors (Lipinski definition) is 3. The SMILES string of the molecule is Cc1nn(C)c(N(C)Cc2cccc(Br)c2)c1C(=N)N. The van der Waals surface area contributed by atoms with Gasteiger partial charge in [0.15, 0.2) is 0 Å². The minimum atomic E-state index is 0.0479. The smallest absolute Gasteiger partial charge is 0.137 e. The van der Waals surface area contributed by atoms with E-state index >= 15 is 0 Å². The highest BCUT2D eigenvalue weighted by Gasteiger charge is 2.19. The number of aromatic nitrogens is 2. The third-order valence-corrected chi connectivity index (χ3v) is 3.62. The summed E-state index contributed by atoms with van der Waals surface area (Å²) >= 11 is 3.47. The molecular weight excluding hydrogens is 318 g/mol. The van der Waals surface area contributed by atoms with E-state index in [0.29, 0.717) is 5.56 Å². The molecule has 0 atom stereocenters. The van der Waals surface area contributed by atoms with Crippen molar-refractivity contribution in [2.24, 2.45) is 12.8 Å². The summed E-state index contributed by atoms with van der Waals surface area (Å²) in [4.78, 5) is 2.05. The van der Waals surface area contributed by atoms with E-state index in [1.165, 1.54) is 5.56 Å². The summed E-state index contributed by atoms with van der Waals surface area (Å²) in [6, 6.07) is 8.15. The Balaban J connectivity index is 2.34. The molecule has 0 amide bonds. The fourth-order valence-corrected chi connectivity index (χ4v) is 2.83. The van der Waals surface area contributed by atoms with Crippen LogP contribution in [-0.2, 0) is 13.6 Å². The second-order valence-electron chi connectivity index (χ2n) is 4.81. The van der Waals surface area contributed by atoms with Crippen LogP contribution in [-0.4, -0.2) is 22.7 Å². The lowest BCUT2D eigenvalue weighted by atomic mass is 10.2. The van der Waals surface area contributed by atoms with Gasteiger partial charge in [-0.2, -0.15) is 5.10 Å². The van der Waals surface area contributed by atoms with Crippen LogP contribution in [0.2, 0.25) is 0 Å². The van der Waals surface area contributed by atoms with E-state index in [1.54, 1.807) is 4.68 Å². The molecule has 6 heteroatoms. The molecule has 0 aliphatic rings. The molecule has 2 aromatic rings. The van der Waals surface area contributed by atoms with Crippen molar-refractivity contribution in [2.75, 3.05) is 11.9 Å². The Morgan fingerprint density at radius 2 is 2.20 bits per heavy atom. The summed E-state index contributed by atoms with van der Waals surface area (Å²) < 4.78 is 2.82. The van der Waals surface area contributed by atoms with Gasteiger partial charge in [0.2, 0.25) is 0 Å². The fourth-order valence-electron chi connectivity index (χ4n) is 2.38. The standard InChI is InChI=1S/C14H18BrN5/c1-9-12(13(16)17)14(20(3)18-9)19(2)8-10-5-4-6-11(15)7-10/h4-7H,8H2,1-3H3,(H3,16,17). The van der Waals surface area contributed by atoms with Crippen molar-refractivity contribution >= 4 is 27.6 Å². The predicted molar refractivity (Wildman–Crippen MR) is 85.2 cm³/mol. The molecule has 5 nitrogen and oxygen atoms in total. The molecule has 106 valence electrons. The van der Waals surface area contributed by atoms with Crippen LogP contribution < -0.4 is 10.6 Å². The minimum absolute atomic E-state index is 0.0479. The number of nitrogens with two attached hydrogens (primary N) is 1. The van der Waals surface area contributed by atoms with Crippen molar-refractivity contribution < 1.29 is 0 Å². The van der Waals surface area contributed by atoms with E-state index in [2.05, 4.69) is 38.1 Å². The van der Waals surface area contributed by atoms with E-state index in [-0.39, 0.29) is 5.84 Å². The Bertz CT molecular complexity index is 647. The van der Waals surface area contributed by atoms with Crippen LogP contribution in [0, 0.1) is 12.3 Å². The molecule has 0 saturated carbocycles. The van der Waals surface area contributed by atoms with E-state index in [0.717, 1.165) is 22.5 Å². The molecule has 2 rings (SSSR count). The highest BCUT2D eigenvalue weighted by molar-refractivity contribution is 9.10. The van der Waals surface area contributed by atoms with Crippen LogP contribution in [0.3, 0.4) is 0 Å². The highest BCUT2D eigenvalue weighted by atomic mass is 79.9. The molecule has 0 aliphatic heterocycles. The quantitative estimate of drug-likeness (QED) is 0.665. The molecule has 3 N–H and O–H groups in total. The van der Waals surface area contributed by atoms with Crippen LogP contribution in [0.25, 0.3) is 0 Å². The number of nitrogen functional groups attached to an aromatic ring is 1. The van der Waals surface area contributed by atoms with E-state index < -0.39 is 0 Å². The summed E-state index contributed by atoms with van der Waals surface area (Å²) in [5, 5.41) is 12.1. The third kappa shape index (κ3) is 2.85. The number of benzene rings is 1. The zero-order valence-electron chi connectivity index (χ0n) is 11.8. The van der Waals surface area contributed by atoms with Gasteiger partial charge in [-0.1, -0.05) is 28.1 Å². The Kier molecular flexibility index (Phi) is 4.13. The first kappa shape index (κ1) is 14.6. The number of nitrogens with zero attached hydrogens (tertiary/aromatic N) is 3. The lowest BCUT2D eigenvalue weighted by Gasteiger charge is -2.21. The van der Waals surface area contributed by atoms with Gasteiger partial charge in [0.1, 0.15) is 11.7 Å². The first-order valence-electron chi connectivity index (χ1n) is 6.23. The molecule has 0 spiro atoms. The van der Waals surface area contributed by atoms with E-state index in [9.17, 15) is 0 Å². The number of hydrogen-bond donors (Lipinski definition) is 2. The number of halogens is 1. The number of anilines is 1. The highest BCUT2D eigenvalue weighted by Crippen LogP contribution is 2.23. The van der Waals surface area contributed by atoms with Gasteiger partial charge in [-0.05, 0) is 24.6 Å². The van der Waals surface area contributed by atoms with Crippen LogP contribution in [0.4, 0.5) is 5.82 Å². The zero-order valence-corrected chi connectivity index (χ0v) is 13.4. The lowest BCUT2D eigenvalue weighted by molar-refractivity contribution is 0.726. The first-order valence-corrected chi connectivity index (χ1v) is 7.03. The van der Waals surface area contributed by atoms with Crippen LogP contribution >= 0.6 is 15.9 Å². The number of aryl methyl sites for hydroxylation is 2. The Morgan fingerprint density at radius 1 is 1.50 bits per heavy atom. The average Bonchev–Trinajstić information content (AvgIpc) is 2.64. The second-order valence-corrected chi connectivity index (χ2v) is 5.72. The Morgan fingerprint density at radius 3 is 2.80 bits per heavy atom. The van der Waals surface area contributed by atoms with Gasteiger partial charge >= 0.3 is 0 Å². The van der Waals surface area contributed by atoms with Gasteiger partial charge < -0.3 is 10.6 Å². The summed E-state index contributed by atoms with van der Waals surface area (Å²) in [6.07, 6.45) is 0. The van der Waals surface area contributed by atoms with Gasteiger partial charge in [0, 0.05) is 25.1 Å².